The Morgan fingerprint density at radius 3 is 2.37 bits per heavy atom. The second-order valence-electron chi connectivity index (χ2n) is 4.09. The lowest BCUT2D eigenvalue weighted by Crippen LogP contribution is -2.20. The molecule has 0 saturated heterocycles. The minimum Gasteiger partial charge on any atom is -0.294 e. The Morgan fingerprint density at radius 2 is 1.74 bits per heavy atom. The molecular weight excluding hydrogens is 246 g/mol. The summed E-state index contributed by atoms with van der Waals surface area (Å²) >= 11 is 0. The SMILES string of the molecule is N#CC(NCc1ccc(F)cc1)c1ccccc1F. The van der Waals surface area contributed by atoms with Crippen LogP contribution < -0.4 is 5.32 Å². The highest BCUT2D eigenvalue weighted by molar-refractivity contribution is 5.26. The number of rotatable bonds is 4. The summed E-state index contributed by atoms with van der Waals surface area (Å²) in [5.74, 6) is -0.727. The molecule has 1 N–H and O–H groups in total. The molecular formula is C15H12F2N2. The van der Waals surface area contributed by atoms with Gasteiger partial charge in [-0.2, -0.15) is 5.26 Å². The van der Waals surface area contributed by atoms with Crippen molar-refractivity contribution in [1.82, 2.24) is 5.32 Å². The van der Waals surface area contributed by atoms with Crippen molar-refractivity contribution in [3.8, 4) is 6.07 Å². The molecule has 0 radical (unpaired) electrons. The maximum Gasteiger partial charge on any atom is 0.129 e. The highest BCUT2D eigenvalue weighted by Gasteiger charge is 2.13. The van der Waals surface area contributed by atoms with Crippen LogP contribution in [0.2, 0.25) is 0 Å². The molecule has 0 aromatic heterocycles. The first-order valence-corrected chi connectivity index (χ1v) is 5.82. The minimum atomic E-state index is -0.730. The number of halogens is 2. The minimum absolute atomic E-state index is 0.310. The molecule has 2 rings (SSSR count). The van der Waals surface area contributed by atoms with Crippen molar-refractivity contribution < 1.29 is 8.78 Å². The molecule has 1 unspecified atom stereocenters. The van der Waals surface area contributed by atoms with E-state index in [2.05, 4.69) is 5.32 Å². The van der Waals surface area contributed by atoms with Crippen LogP contribution in [0.15, 0.2) is 48.5 Å². The van der Waals surface area contributed by atoms with Gasteiger partial charge in [0.05, 0.1) is 6.07 Å². The molecule has 19 heavy (non-hydrogen) atoms. The van der Waals surface area contributed by atoms with Gasteiger partial charge in [-0.05, 0) is 23.8 Å². The number of nitriles is 1. The van der Waals surface area contributed by atoms with Gasteiger partial charge in [-0.3, -0.25) is 5.32 Å². The Kier molecular flexibility index (Phi) is 4.22. The van der Waals surface area contributed by atoms with Crippen molar-refractivity contribution in [3.63, 3.8) is 0 Å². The van der Waals surface area contributed by atoms with Crippen LogP contribution in [0.1, 0.15) is 17.2 Å². The summed E-state index contributed by atoms with van der Waals surface area (Å²) in [6.07, 6.45) is 0. The highest BCUT2D eigenvalue weighted by Crippen LogP contribution is 2.16. The fourth-order valence-electron chi connectivity index (χ4n) is 1.76. The van der Waals surface area contributed by atoms with Gasteiger partial charge in [0.15, 0.2) is 0 Å². The van der Waals surface area contributed by atoms with E-state index in [4.69, 9.17) is 5.26 Å². The molecule has 0 heterocycles. The fraction of sp³-hybridized carbons (Fsp3) is 0.133. The lowest BCUT2D eigenvalue weighted by molar-refractivity contribution is 0.561. The van der Waals surface area contributed by atoms with E-state index in [1.54, 1.807) is 30.3 Å². The van der Waals surface area contributed by atoms with E-state index in [1.165, 1.54) is 18.2 Å². The van der Waals surface area contributed by atoms with Gasteiger partial charge >= 0.3 is 0 Å². The molecule has 2 aromatic rings. The van der Waals surface area contributed by atoms with Crippen LogP contribution >= 0.6 is 0 Å². The van der Waals surface area contributed by atoms with Crippen LogP contribution in [-0.2, 0) is 6.54 Å². The smallest absolute Gasteiger partial charge is 0.129 e. The molecule has 0 spiro atoms. The van der Waals surface area contributed by atoms with E-state index in [9.17, 15) is 8.78 Å². The predicted molar refractivity (Wildman–Crippen MR) is 68.0 cm³/mol. The first kappa shape index (κ1) is 13.2. The summed E-state index contributed by atoms with van der Waals surface area (Å²) in [7, 11) is 0. The van der Waals surface area contributed by atoms with Gasteiger partial charge in [0.25, 0.3) is 0 Å². The zero-order valence-electron chi connectivity index (χ0n) is 10.1. The average Bonchev–Trinajstić information content (AvgIpc) is 2.43. The fourth-order valence-corrected chi connectivity index (χ4v) is 1.76. The summed E-state index contributed by atoms with van der Waals surface area (Å²) < 4.78 is 26.3. The average molecular weight is 258 g/mol. The molecule has 2 nitrogen and oxygen atoms in total. The van der Waals surface area contributed by atoms with Gasteiger partial charge in [-0.1, -0.05) is 30.3 Å². The molecule has 1 atom stereocenters. The Bertz CT molecular complexity index is 588. The van der Waals surface area contributed by atoms with Crippen LogP contribution in [0, 0.1) is 23.0 Å². The van der Waals surface area contributed by atoms with Crippen LogP contribution in [0.4, 0.5) is 8.78 Å². The van der Waals surface area contributed by atoms with Gasteiger partial charge in [-0.25, -0.2) is 8.78 Å². The van der Waals surface area contributed by atoms with E-state index in [0.717, 1.165) is 5.56 Å². The van der Waals surface area contributed by atoms with E-state index >= 15 is 0 Å². The monoisotopic (exact) mass is 258 g/mol. The quantitative estimate of drug-likeness (QED) is 0.913. The molecule has 4 heteroatoms. The second kappa shape index (κ2) is 6.07. The van der Waals surface area contributed by atoms with Gasteiger partial charge in [0.1, 0.15) is 17.7 Å². The first-order valence-electron chi connectivity index (χ1n) is 5.82. The summed E-state index contributed by atoms with van der Waals surface area (Å²) in [5, 5.41) is 12.0. The number of nitrogens with one attached hydrogen (secondary N) is 1. The van der Waals surface area contributed by atoms with Crippen molar-refractivity contribution >= 4 is 0 Å². The zero-order chi connectivity index (χ0) is 13.7. The Balaban J connectivity index is 2.07. The number of nitrogens with zero attached hydrogens (tertiary/aromatic N) is 1. The van der Waals surface area contributed by atoms with Crippen molar-refractivity contribution in [2.24, 2.45) is 0 Å². The lowest BCUT2D eigenvalue weighted by Gasteiger charge is -2.12. The molecule has 0 bridgehead atoms. The van der Waals surface area contributed by atoms with Crippen LogP contribution in [0.25, 0.3) is 0 Å². The molecule has 0 saturated carbocycles. The Hall–Kier alpha value is -2.25. The molecule has 0 aliphatic heterocycles. The van der Waals surface area contributed by atoms with E-state index in [0.29, 0.717) is 12.1 Å². The zero-order valence-corrected chi connectivity index (χ0v) is 10.1. The van der Waals surface area contributed by atoms with Gasteiger partial charge in [0, 0.05) is 12.1 Å². The lowest BCUT2D eigenvalue weighted by atomic mass is 10.1. The standard InChI is InChI=1S/C15H12F2N2/c16-12-7-5-11(6-8-12)10-19-15(9-18)13-3-1-2-4-14(13)17/h1-8,15,19H,10H2. The van der Waals surface area contributed by atoms with E-state index < -0.39 is 11.9 Å². The third kappa shape index (κ3) is 3.36. The molecule has 0 aliphatic rings. The maximum absolute atomic E-state index is 13.6. The maximum atomic E-state index is 13.6. The Morgan fingerprint density at radius 1 is 1.05 bits per heavy atom. The summed E-state index contributed by atoms with van der Waals surface area (Å²) in [5.41, 5.74) is 1.14. The third-order valence-corrected chi connectivity index (χ3v) is 2.77. The largest absolute Gasteiger partial charge is 0.294 e. The molecule has 2 aromatic carbocycles. The van der Waals surface area contributed by atoms with Crippen molar-refractivity contribution in [2.45, 2.75) is 12.6 Å². The summed E-state index contributed by atoms with van der Waals surface area (Å²) in [6, 6.07) is 13.4. The number of hydrogen-bond acceptors (Lipinski definition) is 2. The van der Waals surface area contributed by atoms with E-state index in [1.807, 2.05) is 6.07 Å². The van der Waals surface area contributed by atoms with Crippen molar-refractivity contribution in [3.05, 3.63) is 71.3 Å². The molecule has 0 aliphatic carbocycles. The van der Waals surface area contributed by atoms with Gasteiger partial charge < -0.3 is 0 Å². The van der Waals surface area contributed by atoms with Crippen LogP contribution in [-0.4, -0.2) is 0 Å². The first-order chi connectivity index (χ1) is 9.20. The topological polar surface area (TPSA) is 35.8 Å². The summed E-state index contributed by atoms with van der Waals surface area (Å²) in [4.78, 5) is 0. The van der Waals surface area contributed by atoms with Crippen LogP contribution in [0.5, 0.6) is 0 Å². The molecule has 0 fully saturated rings. The predicted octanol–water partition coefficient (Wildman–Crippen LogP) is 3.32. The molecule has 96 valence electrons. The van der Waals surface area contributed by atoms with Gasteiger partial charge in [-0.15, -0.1) is 0 Å². The second-order valence-corrected chi connectivity index (χ2v) is 4.09. The Labute approximate surface area is 110 Å². The van der Waals surface area contributed by atoms with Gasteiger partial charge in [0.2, 0.25) is 0 Å². The normalized spacial score (nSPS) is 11.8. The van der Waals surface area contributed by atoms with Crippen molar-refractivity contribution in [2.75, 3.05) is 0 Å². The summed E-state index contributed by atoms with van der Waals surface area (Å²) in [6.45, 7) is 0.368. The number of hydrogen-bond donors (Lipinski definition) is 1. The van der Waals surface area contributed by atoms with Crippen LogP contribution in [0.3, 0.4) is 0 Å². The van der Waals surface area contributed by atoms with E-state index in [-0.39, 0.29) is 5.82 Å². The third-order valence-electron chi connectivity index (χ3n) is 2.77. The van der Waals surface area contributed by atoms with Crippen molar-refractivity contribution in [1.29, 1.82) is 5.26 Å². The molecule has 0 amide bonds. The highest BCUT2D eigenvalue weighted by atomic mass is 19.1. The number of benzene rings is 2.